The van der Waals surface area contributed by atoms with E-state index in [9.17, 15) is 24.0 Å². The SMILES string of the molecule is CC(=O)OC[C@H](OC(C)=O)[C@@H](OC(C)=O)[C@H](OC(C)=O)[C@@H](CSc1ccccc1)OC(C)=O. The first-order valence-corrected chi connectivity index (χ1v) is 11.0. The average molecular weight is 485 g/mol. The van der Waals surface area contributed by atoms with Crippen LogP contribution >= 0.6 is 11.8 Å². The maximum Gasteiger partial charge on any atom is 0.303 e. The van der Waals surface area contributed by atoms with Crippen LogP contribution in [-0.4, -0.2) is 66.6 Å². The highest BCUT2D eigenvalue weighted by Crippen LogP contribution is 2.26. The van der Waals surface area contributed by atoms with Crippen molar-refractivity contribution >= 4 is 41.6 Å². The van der Waals surface area contributed by atoms with Gasteiger partial charge < -0.3 is 23.7 Å². The van der Waals surface area contributed by atoms with Crippen molar-refractivity contribution in [1.29, 1.82) is 0 Å². The fourth-order valence-electron chi connectivity index (χ4n) is 2.81. The fourth-order valence-corrected chi connectivity index (χ4v) is 3.77. The predicted molar refractivity (Wildman–Crippen MR) is 116 cm³/mol. The summed E-state index contributed by atoms with van der Waals surface area (Å²) in [4.78, 5) is 59.5. The first kappa shape index (κ1) is 28.0. The Balaban J connectivity index is 3.37. The lowest BCUT2D eigenvalue weighted by molar-refractivity contribution is -0.200. The van der Waals surface area contributed by atoms with Gasteiger partial charge in [-0.05, 0) is 12.1 Å². The summed E-state index contributed by atoms with van der Waals surface area (Å²) in [7, 11) is 0. The molecule has 0 aliphatic heterocycles. The Hall–Kier alpha value is -3.08. The molecule has 1 aromatic rings. The number of rotatable bonds is 12. The normalized spacial score (nSPS) is 14.1. The van der Waals surface area contributed by atoms with Gasteiger partial charge in [0.25, 0.3) is 0 Å². The van der Waals surface area contributed by atoms with E-state index in [1.807, 2.05) is 30.3 Å². The Kier molecular flexibility index (Phi) is 12.0. The standard InChI is InChI=1S/C22H28O10S/c1-13(23)28-11-19(29-14(2)24)21(31-16(4)26)22(32-17(5)27)20(30-15(3)25)12-33-18-9-7-6-8-10-18/h6-10,19-22H,11-12H2,1-5H3/t19-,20+,21+,22+/m0/s1. The van der Waals surface area contributed by atoms with Crippen molar-refractivity contribution in [2.75, 3.05) is 12.4 Å². The molecule has 0 aliphatic carbocycles. The third-order valence-corrected chi connectivity index (χ3v) is 5.00. The van der Waals surface area contributed by atoms with Crippen LogP contribution in [0.1, 0.15) is 34.6 Å². The number of carbonyl (C=O) groups excluding carboxylic acids is 5. The summed E-state index contributed by atoms with van der Waals surface area (Å²) in [6.07, 6.45) is -5.24. The molecule has 11 heteroatoms. The van der Waals surface area contributed by atoms with Gasteiger partial charge in [-0.3, -0.25) is 24.0 Å². The summed E-state index contributed by atoms with van der Waals surface area (Å²) < 4.78 is 26.3. The molecule has 33 heavy (non-hydrogen) atoms. The molecular weight excluding hydrogens is 456 g/mol. The zero-order chi connectivity index (χ0) is 25.0. The monoisotopic (exact) mass is 484 g/mol. The zero-order valence-corrected chi connectivity index (χ0v) is 19.9. The predicted octanol–water partition coefficient (Wildman–Crippen LogP) is 2.07. The van der Waals surface area contributed by atoms with Crippen LogP contribution in [0.3, 0.4) is 0 Å². The van der Waals surface area contributed by atoms with Gasteiger partial charge in [0.05, 0.1) is 0 Å². The van der Waals surface area contributed by atoms with Crippen LogP contribution in [0.5, 0.6) is 0 Å². The Labute approximate surface area is 196 Å². The van der Waals surface area contributed by atoms with E-state index >= 15 is 0 Å². The number of hydrogen-bond acceptors (Lipinski definition) is 11. The zero-order valence-electron chi connectivity index (χ0n) is 19.1. The number of esters is 5. The molecule has 0 aliphatic rings. The number of ether oxygens (including phenoxy) is 5. The van der Waals surface area contributed by atoms with Crippen molar-refractivity contribution in [3.05, 3.63) is 30.3 Å². The van der Waals surface area contributed by atoms with Crippen molar-refractivity contribution in [2.45, 2.75) is 63.9 Å². The molecule has 1 aromatic carbocycles. The minimum absolute atomic E-state index is 0.111. The highest BCUT2D eigenvalue weighted by atomic mass is 32.2. The third-order valence-electron chi connectivity index (χ3n) is 3.90. The van der Waals surface area contributed by atoms with Crippen molar-refractivity contribution < 1.29 is 47.7 Å². The molecular formula is C22H28O10S. The summed E-state index contributed by atoms with van der Waals surface area (Å²) in [5.41, 5.74) is 0. The lowest BCUT2D eigenvalue weighted by atomic mass is 10.0. The molecule has 0 amide bonds. The van der Waals surface area contributed by atoms with E-state index in [-0.39, 0.29) is 5.75 Å². The summed E-state index contributed by atoms with van der Waals surface area (Å²) in [5.74, 6) is -3.53. The molecule has 182 valence electrons. The van der Waals surface area contributed by atoms with Crippen LogP contribution in [0.25, 0.3) is 0 Å². The van der Waals surface area contributed by atoms with E-state index in [2.05, 4.69) is 0 Å². The van der Waals surface area contributed by atoms with Crippen LogP contribution in [0.2, 0.25) is 0 Å². The Morgan fingerprint density at radius 3 is 1.58 bits per heavy atom. The number of benzene rings is 1. The molecule has 0 heterocycles. The smallest absolute Gasteiger partial charge is 0.303 e. The van der Waals surface area contributed by atoms with Gasteiger partial charge in [-0.25, -0.2) is 0 Å². The molecule has 0 N–H and O–H groups in total. The van der Waals surface area contributed by atoms with Gasteiger partial charge >= 0.3 is 29.8 Å². The molecule has 0 saturated carbocycles. The van der Waals surface area contributed by atoms with Crippen LogP contribution < -0.4 is 0 Å². The highest BCUT2D eigenvalue weighted by molar-refractivity contribution is 7.99. The molecule has 0 spiro atoms. The maximum atomic E-state index is 11.9. The first-order chi connectivity index (χ1) is 15.5. The molecule has 0 aromatic heterocycles. The van der Waals surface area contributed by atoms with Crippen LogP contribution in [-0.2, 0) is 47.7 Å². The fraction of sp³-hybridized carbons (Fsp3) is 0.500. The van der Waals surface area contributed by atoms with Crippen LogP contribution in [0.15, 0.2) is 35.2 Å². The molecule has 0 radical (unpaired) electrons. The van der Waals surface area contributed by atoms with Crippen molar-refractivity contribution in [3.63, 3.8) is 0 Å². The minimum atomic E-state index is -1.43. The Bertz CT molecular complexity index is 826. The van der Waals surface area contributed by atoms with Gasteiger partial charge in [0.15, 0.2) is 24.4 Å². The highest BCUT2D eigenvalue weighted by Gasteiger charge is 2.43. The largest absolute Gasteiger partial charge is 0.462 e. The van der Waals surface area contributed by atoms with Crippen molar-refractivity contribution in [2.24, 2.45) is 0 Å². The summed E-state index contributed by atoms with van der Waals surface area (Å²) in [5, 5.41) is 0. The Morgan fingerprint density at radius 2 is 1.12 bits per heavy atom. The van der Waals surface area contributed by atoms with Crippen molar-refractivity contribution in [1.82, 2.24) is 0 Å². The minimum Gasteiger partial charge on any atom is -0.462 e. The van der Waals surface area contributed by atoms with Gasteiger partial charge in [0, 0.05) is 45.3 Å². The second kappa shape index (κ2) is 14.1. The van der Waals surface area contributed by atoms with Gasteiger partial charge in [-0.1, -0.05) is 18.2 Å². The Morgan fingerprint density at radius 1 is 0.667 bits per heavy atom. The number of thioether (sulfide) groups is 1. The molecule has 4 atom stereocenters. The van der Waals surface area contributed by atoms with Crippen LogP contribution in [0.4, 0.5) is 0 Å². The third kappa shape index (κ3) is 11.4. The van der Waals surface area contributed by atoms with Gasteiger partial charge in [0.2, 0.25) is 0 Å². The van der Waals surface area contributed by atoms with Gasteiger partial charge in [0.1, 0.15) is 6.61 Å². The van der Waals surface area contributed by atoms with Crippen molar-refractivity contribution in [3.8, 4) is 0 Å². The van der Waals surface area contributed by atoms with Crippen LogP contribution in [0, 0.1) is 0 Å². The number of hydrogen-bond donors (Lipinski definition) is 0. The van der Waals surface area contributed by atoms with Gasteiger partial charge in [-0.2, -0.15) is 0 Å². The molecule has 0 bridgehead atoms. The van der Waals surface area contributed by atoms with E-state index in [1.165, 1.54) is 18.7 Å². The second-order valence-corrected chi connectivity index (χ2v) is 7.96. The molecule has 1 rings (SSSR count). The van der Waals surface area contributed by atoms with E-state index < -0.39 is 60.9 Å². The second-order valence-electron chi connectivity index (χ2n) is 6.87. The summed E-state index contributed by atoms with van der Waals surface area (Å²) in [6, 6.07) is 9.16. The molecule has 10 nitrogen and oxygen atoms in total. The molecule has 0 saturated heterocycles. The molecule has 0 fully saturated rings. The van der Waals surface area contributed by atoms with E-state index in [0.717, 1.165) is 32.6 Å². The summed E-state index contributed by atoms with van der Waals surface area (Å²) in [6.45, 7) is 5.18. The van der Waals surface area contributed by atoms with E-state index in [0.29, 0.717) is 0 Å². The summed E-state index contributed by atoms with van der Waals surface area (Å²) >= 11 is 1.30. The lowest BCUT2D eigenvalue weighted by Crippen LogP contribution is -2.53. The van der Waals surface area contributed by atoms with E-state index in [4.69, 9.17) is 23.7 Å². The lowest BCUT2D eigenvalue weighted by Gasteiger charge is -2.35. The molecule has 0 unspecified atom stereocenters. The quantitative estimate of drug-likeness (QED) is 0.245. The topological polar surface area (TPSA) is 132 Å². The average Bonchev–Trinajstić information content (AvgIpc) is 2.71. The first-order valence-electron chi connectivity index (χ1n) is 9.99. The van der Waals surface area contributed by atoms with Gasteiger partial charge in [-0.15, -0.1) is 11.8 Å². The number of carbonyl (C=O) groups is 5. The maximum absolute atomic E-state index is 11.9. The van der Waals surface area contributed by atoms with E-state index in [1.54, 1.807) is 0 Å².